The maximum absolute atomic E-state index is 12.6. The summed E-state index contributed by atoms with van der Waals surface area (Å²) in [5, 5.41) is 14.0. The van der Waals surface area contributed by atoms with Crippen molar-refractivity contribution in [2.24, 2.45) is 0 Å². The summed E-state index contributed by atoms with van der Waals surface area (Å²) < 4.78 is 11.0. The molecule has 0 aliphatic carbocycles. The van der Waals surface area contributed by atoms with Crippen LogP contribution in [0.3, 0.4) is 0 Å². The predicted octanol–water partition coefficient (Wildman–Crippen LogP) is 4.45. The highest BCUT2D eigenvalue weighted by Gasteiger charge is 2.19. The minimum Gasteiger partial charge on any atom is -0.487 e. The normalized spacial score (nSPS) is 10.7. The van der Waals surface area contributed by atoms with Crippen LogP contribution < -0.4 is 10.1 Å². The van der Waals surface area contributed by atoms with Gasteiger partial charge in [0.25, 0.3) is 5.91 Å². The van der Waals surface area contributed by atoms with Crippen molar-refractivity contribution in [3.63, 3.8) is 0 Å². The molecule has 1 amide bonds. The number of fused-ring (bicyclic) bond motifs is 1. The molecule has 0 radical (unpaired) electrons. The number of rotatable bonds is 6. The molecule has 4 aromatic rings. The fourth-order valence-corrected chi connectivity index (χ4v) is 2.90. The van der Waals surface area contributed by atoms with Crippen LogP contribution in [0.4, 0.5) is 11.4 Å². The third-order valence-corrected chi connectivity index (χ3v) is 4.29. The Labute approximate surface area is 170 Å². The molecule has 0 bridgehead atoms. The quantitative estimate of drug-likeness (QED) is 0.372. The minimum absolute atomic E-state index is 0.116. The van der Waals surface area contributed by atoms with Crippen LogP contribution in [0.2, 0.25) is 0 Å². The number of nitrogens with one attached hydrogen (secondary N) is 1. The monoisotopic (exact) mass is 404 g/mol. The van der Waals surface area contributed by atoms with E-state index in [9.17, 15) is 14.9 Å². The molecule has 2 heterocycles. The third-order valence-electron chi connectivity index (χ3n) is 4.29. The number of amides is 1. The number of carbonyl (C=O) groups excluding carboxylic acids is 1. The van der Waals surface area contributed by atoms with Crippen molar-refractivity contribution in [1.82, 2.24) is 9.97 Å². The van der Waals surface area contributed by atoms with Gasteiger partial charge < -0.3 is 14.5 Å². The van der Waals surface area contributed by atoms with Crippen LogP contribution in [0.15, 0.2) is 65.3 Å². The second-order valence-electron chi connectivity index (χ2n) is 6.26. The fourth-order valence-electron chi connectivity index (χ4n) is 2.90. The molecule has 1 N–H and O–H groups in total. The van der Waals surface area contributed by atoms with Crippen LogP contribution >= 0.6 is 0 Å². The summed E-state index contributed by atoms with van der Waals surface area (Å²) >= 11 is 0. The Bertz CT molecular complexity index is 1240. The first-order valence-electron chi connectivity index (χ1n) is 9.08. The molecule has 2 aromatic carbocycles. The second-order valence-corrected chi connectivity index (χ2v) is 6.26. The number of pyridine rings is 1. The Morgan fingerprint density at radius 2 is 1.97 bits per heavy atom. The second kappa shape index (κ2) is 8.00. The highest BCUT2D eigenvalue weighted by atomic mass is 16.6. The maximum Gasteiger partial charge on any atom is 0.311 e. The van der Waals surface area contributed by atoms with Crippen LogP contribution in [-0.2, 0) is 0 Å². The number of nitrogens with zero attached hydrogens (tertiary/aromatic N) is 3. The summed E-state index contributed by atoms with van der Waals surface area (Å²) in [5.74, 6) is 0.0677. The summed E-state index contributed by atoms with van der Waals surface area (Å²) in [6.45, 7) is 2.01. The lowest BCUT2D eigenvalue weighted by atomic mass is 10.1. The molecule has 150 valence electrons. The standard InChI is InChI=1S/C21H16N4O5/c1-2-29-18-6-3-14(11-17(18)25(27)28)20(26)23-15-4-5-16-19(12-15)30-21(24-16)13-7-9-22-10-8-13/h3-12H,2H2,1H3,(H,23,26). The topological polar surface area (TPSA) is 120 Å². The van der Waals surface area contributed by atoms with E-state index < -0.39 is 10.8 Å². The van der Waals surface area contributed by atoms with E-state index in [1.807, 2.05) is 0 Å². The molecule has 9 nitrogen and oxygen atoms in total. The van der Waals surface area contributed by atoms with Crippen molar-refractivity contribution in [3.8, 4) is 17.2 Å². The van der Waals surface area contributed by atoms with Crippen LogP contribution in [0.25, 0.3) is 22.6 Å². The van der Waals surface area contributed by atoms with E-state index in [0.29, 0.717) is 22.7 Å². The van der Waals surface area contributed by atoms with E-state index in [1.54, 1.807) is 49.6 Å². The largest absolute Gasteiger partial charge is 0.487 e. The van der Waals surface area contributed by atoms with Crippen molar-refractivity contribution in [2.45, 2.75) is 6.92 Å². The number of hydrogen-bond donors (Lipinski definition) is 1. The molecular weight excluding hydrogens is 388 g/mol. The average molecular weight is 404 g/mol. The molecule has 0 aliphatic rings. The summed E-state index contributed by atoms with van der Waals surface area (Å²) in [5.41, 5.74) is 2.27. The summed E-state index contributed by atoms with van der Waals surface area (Å²) in [4.78, 5) is 31.7. The molecule has 0 saturated heterocycles. The zero-order valence-corrected chi connectivity index (χ0v) is 15.9. The van der Waals surface area contributed by atoms with Gasteiger partial charge in [0.05, 0.1) is 11.5 Å². The third kappa shape index (κ3) is 3.81. The van der Waals surface area contributed by atoms with Crippen molar-refractivity contribution in [2.75, 3.05) is 11.9 Å². The van der Waals surface area contributed by atoms with Crippen molar-refractivity contribution in [1.29, 1.82) is 0 Å². The zero-order valence-electron chi connectivity index (χ0n) is 15.9. The highest BCUT2D eigenvalue weighted by Crippen LogP contribution is 2.29. The zero-order chi connectivity index (χ0) is 21.1. The molecule has 4 rings (SSSR count). The van der Waals surface area contributed by atoms with Gasteiger partial charge in [-0.15, -0.1) is 0 Å². The van der Waals surface area contributed by atoms with Gasteiger partial charge in [0.15, 0.2) is 11.3 Å². The van der Waals surface area contributed by atoms with Gasteiger partial charge >= 0.3 is 5.69 Å². The first-order valence-corrected chi connectivity index (χ1v) is 9.08. The number of carbonyl (C=O) groups is 1. The lowest BCUT2D eigenvalue weighted by Gasteiger charge is -2.07. The fraction of sp³-hybridized carbons (Fsp3) is 0.0952. The van der Waals surface area contributed by atoms with Gasteiger partial charge in [-0.25, -0.2) is 4.98 Å². The molecule has 0 atom stereocenters. The molecule has 0 unspecified atom stereocenters. The molecule has 0 fully saturated rings. The molecular formula is C21H16N4O5. The minimum atomic E-state index is -0.580. The van der Waals surface area contributed by atoms with E-state index in [4.69, 9.17) is 9.15 Å². The van der Waals surface area contributed by atoms with Crippen LogP contribution in [-0.4, -0.2) is 27.4 Å². The van der Waals surface area contributed by atoms with Crippen molar-refractivity contribution < 1.29 is 18.9 Å². The Morgan fingerprint density at radius 3 is 2.70 bits per heavy atom. The lowest BCUT2D eigenvalue weighted by Crippen LogP contribution is -2.12. The van der Waals surface area contributed by atoms with Gasteiger partial charge in [0.1, 0.15) is 5.52 Å². The summed E-state index contributed by atoms with van der Waals surface area (Å²) in [6, 6.07) is 12.7. The number of benzene rings is 2. The number of hydrogen-bond acceptors (Lipinski definition) is 7. The van der Waals surface area contributed by atoms with Crippen LogP contribution in [0, 0.1) is 10.1 Å². The van der Waals surface area contributed by atoms with E-state index in [2.05, 4.69) is 15.3 Å². The van der Waals surface area contributed by atoms with Gasteiger partial charge in [-0.3, -0.25) is 19.9 Å². The number of nitro groups is 1. The Kier molecular flexibility index (Phi) is 5.08. The lowest BCUT2D eigenvalue weighted by molar-refractivity contribution is -0.385. The predicted molar refractivity (Wildman–Crippen MR) is 109 cm³/mol. The summed E-state index contributed by atoms with van der Waals surface area (Å²) in [6.07, 6.45) is 3.29. The summed E-state index contributed by atoms with van der Waals surface area (Å²) in [7, 11) is 0. The van der Waals surface area contributed by atoms with Gasteiger partial charge in [0, 0.05) is 41.3 Å². The number of aromatic nitrogens is 2. The number of ether oxygens (including phenoxy) is 1. The van der Waals surface area contributed by atoms with E-state index in [1.165, 1.54) is 18.2 Å². The number of anilines is 1. The van der Waals surface area contributed by atoms with E-state index in [-0.39, 0.29) is 23.6 Å². The van der Waals surface area contributed by atoms with E-state index in [0.717, 1.165) is 5.56 Å². The molecule has 0 aliphatic heterocycles. The van der Waals surface area contributed by atoms with Gasteiger partial charge in [-0.05, 0) is 43.3 Å². The number of nitro benzene ring substituents is 1. The Balaban J connectivity index is 1.58. The first kappa shape index (κ1) is 19.1. The van der Waals surface area contributed by atoms with Gasteiger partial charge in [-0.1, -0.05) is 0 Å². The SMILES string of the molecule is CCOc1ccc(C(=O)Nc2ccc3nc(-c4ccncc4)oc3c2)cc1[N+](=O)[O-]. The smallest absolute Gasteiger partial charge is 0.311 e. The molecule has 9 heteroatoms. The van der Waals surface area contributed by atoms with E-state index >= 15 is 0 Å². The van der Waals surface area contributed by atoms with Crippen LogP contribution in [0.5, 0.6) is 5.75 Å². The first-order chi connectivity index (χ1) is 14.5. The number of oxazole rings is 1. The Hall–Kier alpha value is -4.27. The van der Waals surface area contributed by atoms with Crippen molar-refractivity contribution >= 4 is 28.4 Å². The molecule has 0 saturated carbocycles. The van der Waals surface area contributed by atoms with Gasteiger partial charge in [0.2, 0.25) is 5.89 Å². The Morgan fingerprint density at radius 1 is 1.17 bits per heavy atom. The van der Waals surface area contributed by atoms with Crippen molar-refractivity contribution in [3.05, 3.63) is 76.6 Å². The van der Waals surface area contributed by atoms with Crippen LogP contribution in [0.1, 0.15) is 17.3 Å². The maximum atomic E-state index is 12.6. The molecule has 2 aromatic heterocycles. The van der Waals surface area contributed by atoms with Gasteiger partial charge in [-0.2, -0.15) is 0 Å². The molecule has 30 heavy (non-hydrogen) atoms. The molecule has 0 spiro atoms. The highest BCUT2D eigenvalue weighted by molar-refractivity contribution is 6.05. The average Bonchev–Trinajstić information content (AvgIpc) is 3.18.